The van der Waals surface area contributed by atoms with E-state index in [1.54, 1.807) is 6.07 Å². The van der Waals surface area contributed by atoms with Gasteiger partial charge in [0.15, 0.2) is 17.3 Å². The van der Waals surface area contributed by atoms with Crippen LogP contribution in [-0.2, 0) is 0 Å². The maximum atomic E-state index is 16.0. The molecule has 4 aliphatic rings. The van der Waals surface area contributed by atoms with E-state index >= 15 is 4.39 Å². The molecule has 34 heavy (non-hydrogen) atoms. The molecule has 1 saturated carbocycles. The fourth-order valence-corrected chi connectivity index (χ4v) is 6.31. The molecule has 5 N–H and O–H groups in total. The Morgan fingerprint density at radius 1 is 1.06 bits per heavy atom. The van der Waals surface area contributed by atoms with Crippen LogP contribution in [0.3, 0.4) is 0 Å². The van der Waals surface area contributed by atoms with E-state index in [-0.39, 0.29) is 25.1 Å². The van der Waals surface area contributed by atoms with E-state index in [9.17, 15) is 0 Å². The lowest BCUT2D eigenvalue weighted by atomic mass is 9.74. The van der Waals surface area contributed by atoms with Crippen LogP contribution in [0.4, 0.5) is 10.1 Å². The summed E-state index contributed by atoms with van der Waals surface area (Å²) >= 11 is 0. The van der Waals surface area contributed by atoms with Gasteiger partial charge in [-0.25, -0.2) is 4.39 Å². The van der Waals surface area contributed by atoms with E-state index in [2.05, 4.69) is 46.5 Å². The first-order valence-corrected chi connectivity index (χ1v) is 13.1. The van der Waals surface area contributed by atoms with E-state index in [0.29, 0.717) is 46.7 Å². The van der Waals surface area contributed by atoms with Gasteiger partial charge in [-0.05, 0) is 45.2 Å². The number of fused-ring (bicyclic) bond motifs is 1. The van der Waals surface area contributed by atoms with Crippen molar-refractivity contribution in [3.63, 3.8) is 0 Å². The molecular formula is C26H40FN5O2. The highest BCUT2D eigenvalue weighted by Crippen LogP contribution is 2.45. The predicted octanol–water partition coefficient (Wildman–Crippen LogP) is 3.73. The van der Waals surface area contributed by atoms with Crippen molar-refractivity contribution in [1.82, 2.24) is 21.3 Å². The first kappa shape index (κ1) is 23.9. The van der Waals surface area contributed by atoms with Crippen LogP contribution in [0.5, 0.6) is 11.5 Å². The van der Waals surface area contributed by atoms with Crippen LogP contribution in [0.2, 0.25) is 0 Å². The lowest BCUT2D eigenvalue weighted by molar-refractivity contribution is 0.0889. The third kappa shape index (κ3) is 4.78. The van der Waals surface area contributed by atoms with Gasteiger partial charge < -0.3 is 25.4 Å². The van der Waals surface area contributed by atoms with Gasteiger partial charge in [0.25, 0.3) is 0 Å². The summed E-state index contributed by atoms with van der Waals surface area (Å²) in [6.45, 7) is 5.26. The zero-order valence-electron chi connectivity index (χ0n) is 20.7. The number of nitrogens with one attached hydrogen (secondary N) is 5. The van der Waals surface area contributed by atoms with Crippen molar-refractivity contribution in [2.45, 2.75) is 83.3 Å². The molecule has 8 heteroatoms. The molecular weight excluding hydrogens is 433 g/mol. The molecule has 7 nitrogen and oxygen atoms in total. The maximum absolute atomic E-state index is 16.0. The second kappa shape index (κ2) is 10.4. The second-order valence-electron chi connectivity index (χ2n) is 10.4. The maximum Gasteiger partial charge on any atom is 0.231 e. The molecule has 5 atom stereocenters. The molecule has 0 radical (unpaired) electrons. The molecule has 0 spiro atoms. The Hall–Kier alpha value is -1.87. The van der Waals surface area contributed by atoms with Crippen molar-refractivity contribution in [2.75, 3.05) is 25.7 Å². The summed E-state index contributed by atoms with van der Waals surface area (Å²) in [7, 11) is 2.01. The normalized spacial score (nSPS) is 32.2. The molecule has 1 aliphatic carbocycles. The van der Waals surface area contributed by atoms with Gasteiger partial charge in [-0.3, -0.25) is 10.6 Å². The largest absolute Gasteiger partial charge is 0.453 e. The van der Waals surface area contributed by atoms with Crippen molar-refractivity contribution in [3.8, 4) is 11.5 Å². The molecule has 0 amide bonds. The third-order valence-corrected chi connectivity index (χ3v) is 8.13. The first-order valence-electron chi connectivity index (χ1n) is 13.1. The summed E-state index contributed by atoms with van der Waals surface area (Å²) in [5.74, 6) is 2.03. The van der Waals surface area contributed by atoms with Gasteiger partial charge in [0.05, 0.1) is 17.4 Å². The van der Waals surface area contributed by atoms with E-state index in [1.165, 1.54) is 32.1 Å². The van der Waals surface area contributed by atoms with Crippen molar-refractivity contribution in [3.05, 3.63) is 23.5 Å². The van der Waals surface area contributed by atoms with Crippen molar-refractivity contribution in [2.24, 2.45) is 11.8 Å². The van der Waals surface area contributed by atoms with Gasteiger partial charge in [-0.2, -0.15) is 0 Å². The Bertz CT molecular complexity index is 904. The lowest BCUT2D eigenvalue weighted by Gasteiger charge is -2.47. The van der Waals surface area contributed by atoms with E-state index in [0.717, 1.165) is 25.0 Å². The monoisotopic (exact) mass is 473 g/mol. The Labute approximate surface area is 202 Å². The number of benzene rings is 1. The quantitative estimate of drug-likeness (QED) is 0.446. The van der Waals surface area contributed by atoms with Gasteiger partial charge in [0.2, 0.25) is 6.79 Å². The fraction of sp³-hybridized carbons (Fsp3) is 0.692. The van der Waals surface area contributed by atoms with Crippen molar-refractivity contribution in [1.29, 1.82) is 0 Å². The van der Waals surface area contributed by atoms with Crippen molar-refractivity contribution < 1.29 is 13.9 Å². The average Bonchev–Trinajstić information content (AvgIpc) is 3.19. The van der Waals surface area contributed by atoms with Crippen LogP contribution in [0.15, 0.2) is 12.1 Å². The topological polar surface area (TPSA) is 78.6 Å². The Balaban J connectivity index is 1.38. The van der Waals surface area contributed by atoms with Crippen LogP contribution < -0.4 is 36.1 Å². The zero-order valence-corrected chi connectivity index (χ0v) is 20.7. The summed E-state index contributed by atoms with van der Waals surface area (Å²) in [5, 5.41) is 17.6. The standard InChI is InChI=1S/C26H40FN5O2/c1-15-9-10-18(11-12-29-15)22-23(27)19(13-20-24(22)34-14-33-20)31-26-30-16(2)21(25(28-3)32-26)17-7-5-4-6-8-17/h11,13,15-17,21,25-26,28-32H,4-10,12,14H2,1-3H3/t15-,16?,21?,25?,26?/m1/s1. The number of hydrogen-bond acceptors (Lipinski definition) is 7. The van der Waals surface area contributed by atoms with Gasteiger partial charge in [0.1, 0.15) is 6.29 Å². The molecule has 1 aromatic carbocycles. The third-order valence-electron chi connectivity index (χ3n) is 8.13. The SMILES string of the molecule is CNC1NC(Nc2cc3c(c(C4=CCN[C@H](C)CC4)c2F)OCO3)NC(C)C1C1CCCCC1. The highest BCUT2D eigenvalue weighted by atomic mass is 19.1. The Morgan fingerprint density at radius 2 is 1.88 bits per heavy atom. The predicted molar refractivity (Wildman–Crippen MR) is 133 cm³/mol. The van der Waals surface area contributed by atoms with Crippen LogP contribution in [0, 0.1) is 17.7 Å². The number of rotatable bonds is 5. The molecule has 3 heterocycles. The fourth-order valence-electron chi connectivity index (χ4n) is 6.31. The number of ether oxygens (including phenoxy) is 2. The lowest BCUT2D eigenvalue weighted by Crippen LogP contribution is -2.69. The average molecular weight is 474 g/mol. The molecule has 4 unspecified atom stereocenters. The first-order chi connectivity index (χ1) is 16.5. The van der Waals surface area contributed by atoms with Gasteiger partial charge in [-0.1, -0.05) is 38.2 Å². The summed E-state index contributed by atoms with van der Waals surface area (Å²) < 4.78 is 27.4. The molecule has 1 saturated heterocycles. The van der Waals surface area contributed by atoms with E-state index in [4.69, 9.17) is 9.47 Å². The molecule has 2 fully saturated rings. The minimum absolute atomic E-state index is 0.120. The smallest absolute Gasteiger partial charge is 0.231 e. The molecule has 3 aliphatic heterocycles. The van der Waals surface area contributed by atoms with E-state index in [1.807, 2.05) is 7.05 Å². The van der Waals surface area contributed by atoms with Gasteiger partial charge in [-0.15, -0.1) is 0 Å². The highest BCUT2D eigenvalue weighted by Gasteiger charge is 2.39. The molecule has 188 valence electrons. The highest BCUT2D eigenvalue weighted by molar-refractivity contribution is 5.78. The number of hydrogen-bond donors (Lipinski definition) is 5. The van der Waals surface area contributed by atoms with Crippen molar-refractivity contribution >= 4 is 11.3 Å². The molecule has 0 aromatic heterocycles. The second-order valence-corrected chi connectivity index (χ2v) is 10.4. The number of anilines is 1. The zero-order chi connectivity index (χ0) is 23.7. The van der Waals surface area contributed by atoms with Crippen LogP contribution in [0.1, 0.15) is 64.4 Å². The Morgan fingerprint density at radius 3 is 2.68 bits per heavy atom. The minimum Gasteiger partial charge on any atom is -0.453 e. The van der Waals surface area contributed by atoms with Gasteiger partial charge in [0, 0.05) is 30.6 Å². The number of allylic oxidation sites excluding steroid dienone is 1. The summed E-state index contributed by atoms with van der Waals surface area (Å²) in [5.41, 5.74) is 1.93. The Kier molecular flexibility index (Phi) is 7.30. The number of halogens is 1. The van der Waals surface area contributed by atoms with Crippen LogP contribution in [0.25, 0.3) is 5.57 Å². The summed E-state index contributed by atoms with van der Waals surface area (Å²) in [4.78, 5) is 0. The summed E-state index contributed by atoms with van der Waals surface area (Å²) in [6.07, 6.45) is 10.3. The van der Waals surface area contributed by atoms with E-state index < -0.39 is 0 Å². The summed E-state index contributed by atoms with van der Waals surface area (Å²) in [6, 6.07) is 2.43. The minimum atomic E-state index is -0.281. The van der Waals surface area contributed by atoms with Gasteiger partial charge >= 0.3 is 0 Å². The van der Waals surface area contributed by atoms with Crippen LogP contribution >= 0.6 is 0 Å². The van der Waals surface area contributed by atoms with Crippen LogP contribution in [-0.4, -0.2) is 44.9 Å². The molecule has 0 bridgehead atoms. The molecule has 5 rings (SSSR count). The molecule has 1 aromatic rings.